The molecule has 0 aromatic heterocycles. The molecule has 0 saturated heterocycles. The molecule has 0 saturated carbocycles. The van der Waals surface area contributed by atoms with Crippen molar-refractivity contribution in [3.8, 4) is 11.5 Å². The van der Waals surface area contributed by atoms with Gasteiger partial charge >= 0.3 is 0 Å². The molecule has 2 rings (SSSR count). The zero-order chi connectivity index (χ0) is 17.4. The van der Waals surface area contributed by atoms with Crippen molar-refractivity contribution in [2.45, 2.75) is 20.1 Å². The van der Waals surface area contributed by atoms with Crippen LogP contribution in [0.1, 0.15) is 18.1 Å². The number of rotatable bonds is 9. The third-order valence-electron chi connectivity index (χ3n) is 3.36. The van der Waals surface area contributed by atoms with Gasteiger partial charge < -0.3 is 14.8 Å². The Bertz CT molecular complexity index is 691. The second-order valence-electron chi connectivity index (χ2n) is 5.12. The molecule has 0 aliphatic carbocycles. The summed E-state index contributed by atoms with van der Waals surface area (Å²) in [6, 6.07) is 10.1. The van der Waals surface area contributed by atoms with E-state index in [1.807, 2.05) is 13.0 Å². The minimum absolute atomic E-state index is 0.108. The first-order valence-electron chi connectivity index (χ1n) is 7.78. The van der Waals surface area contributed by atoms with E-state index < -0.39 is 0 Å². The number of halogens is 2. The predicted octanol–water partition coefficient (Wildman–Crippen LogP) is 4.73. The molecule has 3 nitrogen and oxygen atoms in total. The van der Waals surface area contributed by atoms with Gasteiger partial charge in [0, 0.05) is 29.7 Å². The standard InChI is InChI=1S/C19H21ClFNO2/c1-3-9-22-12-15-10-18(23-4-2)19(11-16(15)20)24-13-14-7-5-6-8-17(14)21/h3,5-8,10-11,22H,1,4,9,12-13H2,2H3. The van der Waals surface area contributed by atoms with E-state index in [4.69, 9.17) is 21.1 Å². The van der Waals surface area contributed by atoms with E-state index in [1.165, 1.54) is 6.07 Å². The maximum atomic E-state index is 13.7. The Morgan fingerprint density at radius 2 is 1.92 bits per heavy atom. The molecular weight excluding hydrogens is 329 g/mol. The Hall–Kier alpha value is -2.04. The van der Waals surface area contributed by atoms with E-state index in [1.54, 1.807) is 30.3 Å². The molecule has 0 amide bonds. The highest BCUT2D eigenvalue weighted by Gasteiger charge is 2.12. The van der Waals surface area contributed by atoms with Crippen LogP contribution in [0.4, 0.5) is 4.39 Å². The molecule has 0 aliphatic rings. The Morgan fingerprint density at radius 3 is 2.62 bits per heavy atom. The molecule has 0 aliphatic heterocycles. The first-order chi connectivity index (χ1) is 11.7. The third kappa shape index (κ3) is 4.98. The smallest absolute Gasteiger partial charge is 0.163 e. The van der Waals surface area contributed by atoms with Gasteiger partial charge in [-0.25, -0.2) is 4.39 Å². The summed E-state index contributed by atoms with van der Waals surface area (Å²) in [6.07, 6.45) is 1.78. The lowest BCUT2D eigenvalue weighted by atomic mass is 10.2. The largest absolute Gasteiger partial charge is 0.490 e. The molecule has 0 spiro atoms. The SMILES string of the molecule is C=CCNCc1cc(OCC)c(OCc2ccccc2F)cc1Cl. The summed E-state index contributed by atoms with van der Waals surface area (Å²) in [7, 11) is 0. The van der Waals surface area contributed by atoms with Crippen LogP contribution in [0.5, 0.6) is 11.5 Å². The van der Waals surface area contributed by atoms with Crippen molar-refractivity contribution in [3.63, 3.8) is 0 Å². The summed E-state index contributed by atoms with van der Waals surface area (Å²) in [5.41, 5.74) is 1.38. The molecule has 1 N–H and O–H groups in total. The first kappa shape index (κ1) is 18.3. The van der Waals surface area contributed by atoms with Gasteiger partial charge in [-0.3, -0.25) is 0 Å². The van der Waals surface area contributed by atoms with Crippen molar-refractivity contribution in [2.75, 3.05) is 13.2 Å². The summed E-state index contributed by atoms with van der Waals surface area (Å²) >= 11 is 6.32. The molecule has 128 valence electrons. The maximum Gasteiger partial charge on any atom is 0.163 e. The zero-order valence-electron chi connectivity index (χ0n) is 13.6. The minimum Gasteiger partial charge on any atom is -0.490 e. The Labute approximate surface area is 147 Å². The highest BCUT2D eigenvalue weighted by atomic mass is 35.5. The lowest BCUT2D eigenvalue weighted by molar-refractivity contribution is 0.265. The van der Waals surface area contributed by atoms with Gasteiger partial charge in [-0.1, -0.05) is 35.9 Å². The Kier molecular flexibility index (Phi) is 7.09. The monoisotopic (exact) mass is 349 g/mol. The molecule has 0 unspecified atom stereocenters. The van der Waals surface area contributed by atoms with Gasteiger partial charge in [0.05, 0.1) is 6.61 Å². The van der Waals surface area contributed by atoms with Crippen molar-refractivity contribution < 1.29 is 13.9 Å². The van der Waals surface area contributed by atoms with Gasteiger partial charge in [0.2, 0.25) is 0 Å². The van der Waals surface area contributed by atoms with Crippen LogP contribution in [-0.4, -0.2) is 13.2 Å². The fourth-order valence-electron chi connectivity index (χ4n) is 2.17. The first-order valence-corrected chi connectivity index (χ1v) is 8.16. The molecule has 0 fully saturated rings. The molecule has 0 heterocycles. The van der Waals surface area contributed by atoms with Crippen LogP contribution in [0, 0.1) is 5.82 Å². The van der Waals surface area contributed by atoms with Gasteiger partial charge in [0.25, 0.3) is 0 Å². The van der Waals surface area contributed by atoms with Crippen molar-refractivity contribution >= 4 is 11.6 Å². The number of benzene rings is 2. The predicted molar refractivity (Wildman–Crippen MR) is 95.3 cm³/mol. The molecule has 0 bridgehead atoms. The molecular formula is C19H21ClFNO2. The second kappa shape index (κ2) is 9.30. The Morgan fingerprint density at radius 1 is 1.17 bits per heavy atom. The number of hydrogen-bond donors (Lipinski definition) is 1. The number of hydrogen-bond acceptors (Lipinski definition) is 3. The van der Waals surface area contributed by atoms with Crippen LogP contribution in [0.15, 0.2) is 49.1 Å². The van der Waals surface area contributed by atoms with Gasteiger partial charge in [0.15, 0.2) is 11.5 Å². The van der Waals surface area contributed by atoms with Crippen LogP contribution in [0.3, 0.4) is 0 Å². The molecule has 24 heavy (non-hydrogen) atoms. The second-order valence-corrected chi connectivity index (χ2v) is 5.53. The fraction of sp³-hybridized carbons (Fsp3) is 0.263. The molecule has 5 heteroatoms. The van der Waals surface area contributed by atoms with Crippen LogP contribution in [0.2, 0.25) is 5.02 Å². The van der Waals surface area contributed by atoms with E-state index in [0.717, 1.165) is 5.56 Å². The van der Waals surface area contributed by atoms with Gasteiger partial charge in [-0.15, -0.1) is 6.58 Å². The summed E-state index contributed by atoms with van der Waals surface area (Å²) in [6.45, 7) is 7.45. The quantitative estimate of drug-likeness (QED) is 0.524. The van der Waals surface area contributed by atoms with Crippen LogP contribution >= 0.6 is 11.6 Å². The van der Waals surface area contributed by atoms with Crippen LogP contribution in [-0.2, 0) is 13.2 Å². The topological polar surface area (TPSA) is 30.5 Å². The van der Waals surface area contributed by atoms with Crippen molar-refractivity contribution in [3.05, 3.63) is 71.0 Å². The van der Waals surface area contributed by atoms with Crippen LogP contribution in [0.25, 0.3) is 0 Å². The summed E-state index contributed by atoms with van der Waals surface area (Å²) in [4.78, 5) is 0. The van der Waals surface area contributed by atoms with Crippen molar-refractivity contribution in [2.24, 2.45) is 0 Å². The average molecular weight is 350 g/mol. The number of nitrogens with one attached hydrogen (secondary N) is 1. The van der Waals surface area contributed by atoms with E-state index in [2.05, 4.69) is 11.9 Å². The number of ether oxygens (including phenoxy) is 2. The third-order valence-corrected chi connectivity index (χ3v) is 3.71. The van der Waals surface area contributed by atoms with Gasteiger partial charge in [-0.2, -0.15) is 0 Å². The molecule has 2 aromatic rings. The Balaban J connectivity index is 2.17. The molecule has 2 aromatic carbocycles. The summed E-state index contributed by atoms with van der Waals surface area (Å²) in [5.74, 6) is 0.790. The lowest BCUT2D eigenvalue weighted by Gasteiger charge is -2.15. The summed E-state index contributed by atoms with van der Waals surface area (Å²) in [5, 5.41) is 3.77. The highest BCUT2D eigenvalue weighted by molar-refractivity contribution is 6.31. The lowest BCUT2D eigenvalue weighted by Crippen LogP contribution is -2.13. The van der Waals surface area contributed by atoms with Crippen molar-refractivity contribution in [1.29, 1.82) is 0 Å². The van der Waals surface area contributed by atoms with E-state index in [9.17, 15) is 4.39 Å². The average Bonchev–Trinajstić information content (AvgIpc) is 2.57. The van der Waals surface area contributed by atoms with Crippen molar-refractivity contribution in [1.82, 2.24) is 5.32 Å². The van der Waals surface area contributed by atoms with E-state index >= 15 is 0 Å². The minimum atomic E-state index is -0.299. The summed E-state index contributed by atoms with van der Waals surface area (Å²) < 4.78 is 25.1. The van der Waals surface area contributed by atoms with E-state index in [0.29, 0.717) is 41.8 Å². The van der Waals surface area contributed by atoms with Gasteiger partial charge in [-0.05, 0) is 24.6 Å². The normalized spacial score (nSPS) is 10.5. The van der Waals surface area contributed by atoms with Crippen LogP contribution < -0.4 is 14.8 Å². The van der Waals surface area contributed by atoms with Gasteiger partial charge in [0.1, 0.15) is 12.4 Å². The fourth-order valence-corrected chi connectivity index (χ4v) is 2.39. The van der Waals surface area contributed by atoms with E-state index in [-0.39, 0.29) is 12.4 Å². The molecule has 0 atom stereocenters. The molecule has 0 radical (unpaired) electrons. The zero-order valence-corrected chi connectivity index (χ0v) is 14.4. The highest BCUT2D eigenvalue weighted by Crippen LogP contribution is 2.34. The maximum absolute atomic E-state index is 13.7.